The van der Waals surface area contributed by atoms with Crippen LogP contribution < -0.4 is 9.64 Å². The van der Waals surface area contributed by atoms with Crippen molar-refractivity contribution in [3.63, 3.8) is 0 Å². The lowest BCUT2D eigenvalue weighted by atomic mass is 10.1. The molecule has 0 N–H and O–H groups in total. The molecule has 2 aromatic carbocycles. The third kappa shape index (κ3) is 6.87. The fraction of sp³-hybridized carbons (Fsp3) is 0.480. The van der Waals surface area contributed by atoms with E-state index in [0.29, 0.717) is 44.1 Å². The first kappa shape index (κ1) is 24.9. The Morgan fingerprint density at radius 1 is 1.06 bits per heavy atom. The summed E-state index contributed by atoms with van der Waals surface area (Å²) in [6, 6.07) is 12.0. The number of anilines is 1. The summed E-state index contributed by atoms with van der Waals surface area (Å²) in [6.07, 6.45) is -1.88. The van der Waals surface area contributed by atoms with Crippen molar-refractivity contribution in [1.29, 1.82) is 0 Å². The Morgan fingerprint density at radius 2 is 1.76 bits per heavy atom. The molecule has 1 aliphatic heterocycles. The van der Waals surface area contributed by atoms with Crippen LogP contribution in [0, 0.1) is 0 Å². The Morgan fingerprint density at radius 3 is 2.36 bits per heavy atom. The number of unbranched alkanes of at least 4 members (excludes halogenated alkanes) is 1. The van der Waals surface area contributed by atoms with Crippen molar-refractivity contribution in [2.45, 2.75) is 51.4 Å². The lowest BCUT2D eigenvalue weighted by Crippen LogP contribution is -2.33. The zero-order valence-electron chi connectivity index (χ0n) is 18.9. The lowest BCUT2D eigenvalue weighted by Gasteiger charge is -2.26. The molecule has 2 atom stereocenters. The number of benzene rings is 2. The molecule has 0 bridgehead atoms. The maximum Gasteiger partial charge on any atom is 0.416 e. The first-order valence-electron chi connectivity index (χ1n) is 11.3. The van der Waals surface area contributed by atoms with Gasteiger partial charge < -0.3 is 19.1 Å². The van der Waals surface area contributed by atoms with Crippen molar-refractivity contribution in [3.05, 3.63) is 59.7 Å². The minimum atomic E-state index is -4.38. The van der Waals surface area contributed by atoms with Crippen molar-refractivity contribution < 1.29 is 32.2 Å². The molecule has 1 aliphatic rings. The van der Waals surface area contributed by atoms with Crippen LogP contribution in [0.1, 0.15) is 49.0 Å². The predicted octanol–water partition coefficient (Wildman–Crippen LogP) is 5.73. The number of nitrogens with zero attached hydrogens (tertiary/aromatic N) is 1. The van der Waals surface area contributed by atoms with Gasteiger partial charge in [-0.3, -0.25) is 0 Å². The van der Waals surface area contributed by atoms with Crippen LogP contribution in [0.5, 0.6) is 5.75 Å². The summed E-state index contributed by atoms with van der Waals surface area (Å²) in [5.41, 5.74) is 0.700. The molecule has 0 saturated carbocycles. The van der Waals surface area contributed by atoms with E-state index in [2.05, 4.69) is 11.8 Å². The highest BCUT2D eigenvalue weighted by atomic mass is 19.4. The number of ether oxygens (including phenoxy) is 3. The van der Waals surface area contributed by atoms with E-state index in [1.165, 1.54) is 12.1 Å². The number of halogens is 3. The SMILES string of the molecule is CCCCOC[C@@H]1C[C@@H](Oc2ccc(C(F)(F)F)cc2)CN1c1ccc(C(=O)OCC)cc1. The van der Waals surface area contributed by atoms with Crippen LogP contribution in [0.3, 0.4) is 0 Å². The van der Waals surface area contributed by atoms with E-state index >= 15 is 0 Å². The highest BCUT2D eigenvalue weighted by Gasteiger charge is 2.34. The van der Waals surface area contributed by atoms with Gasteiger partial charge in [-0.15, -0.1) is 0 Å². The van der Waals surface area contributed by atoms with E-state index in [9.17, 15) is 18.0 Å². The van der Waals surface area contributed by atoms with Gasteiger partial charge in [-0.2, -0.15) is 13.2 Å². The normalized spacial score (nSPS) is 18.4. The van der Waals surface area contributed by atoms with Gasteiger partial charge in [0.1, 0.15) is 11.9 Å². The molecule has 1 saturated heterocycles. The molecule has 0 aromatic heterocycles. The number of hydrogen-bond donors (Lipinski definition) is 0. The third-order valence-electron chi connectivity index (χ3n) is 5.52. The highest BCUT2D eigenvalue weighted by molar-refractivity contribution is 5.89. The highest BCUT2D eigenvalue weighted by Crippen LogP contribution is 2.32. The quantitative estimate of drug-likeness (QED) is 0.332. The number of hydrogen-bond acceptors (Lipinski definition) is 5. The average molecular weight is 466 g/mol. The van der Waals surface area contributed by atoms with E-state index < -0.39 is 11.7 Å². The maximum atomic E-state index is 12.8. The van der Waals surface area contributed by atoms with Gasteiger partial charge in [-0.25, -0.2) is 4.79 Å². The molecular weight excluding hydrogens is 435 g/mol. The van der Waals surface area contributed by atoms with Gasteiger partial charge in [0.15, 0.2) is 0 Å². The monoisotopic (exact) mass is 465 g/mol. The van der Waals surface area contributed by atoms with Gasteiger partial charge in [0.2, 0.25) is 0 Å². The Hall–Kier alpha value is -2.74. The van der Waals surface area contributed by atoms with Crippen LogP contribution in [0.15, 0.2) is 48.5 Å². The van der Waals surface area contributed by atoms with E-state index in [4.69, 9.17) is 14.2 Å². The Labute approximate surface area is 192 Å². The van der Waals surface area contributed by atoms with E-state index in [-0.39, 0.29) is 18.1 Å². The summed E-state index contributed by atoms with van der Waals surface area (Å²) < 4.78 is 55.4. The van der Waals surface area contributed by atoms with Gasteiger partial charge >= 0.3 is 12.1 Å². The van der Waals surface area contributed by atoms with Crippen LogP contribution in [0.25, 0.3) is 0 Å². The summed E-state index contributed by atoms with van der Waals surface area (Å²) >= 11 is 0. The number of rotatable bonds is 10. The smallest absolute Gasteiger partial charge is 0.416 e. The van der Waals surface area contributed by atoms with Crippen LogP contribution >= 0.6 is 0 Å². The first-order valence-corrected chi connectivity index (χ1v) is 11.3. The molecule has 3 rings (SSSR count). The maximum absolute atomic E-state index is 12.8. The molecule has 0 radical (unpaired) electrons. The number of alkyl halides is 3. The zero-order valence-corrected chi connectivity index (χ0v) is 18.9. The number of esters is 1. The third-order valence-corrected chi connectivity index (χ3v) is 5.52. The Kier molecular flexibility index (Phi) is 8.61. The van der Waals surface area contributed by atoms with Crippen LogP contribution in [0.2, 0.25) is 0 Å². The molecule has 0 unspecified atom stereocenters. The first-order chi connectivity index (χ1) is 15.8. The van der Waals surface area contributed by atoms with Gasteiger partial charge in [0.05, 0.1) is 36.9 Å². The zero-order chi connectivity index (χ0) is 23.8. The van der Waals surface area contributed by atoms with E-state index in [0.717, 1.165) is 30.7 Å². The minimum Gasteiger partial charge on any atom is -0.489 e. The average Bonchev–Trinajstić information content (AvgIpc) is 3.19. The Balaban J connectivity index is 1.70. The molecule has 8 heteroatoms. The second-order valence-electron chi connectivity index (χ2n) is 8.00. The fourth-order valence-corrected chi connectivity index (χ4v) is 3.82. The van der Waals surface area contributed by atoms with Crippen molar-refractivity contribution in [2.75, 3.05) is 31.3 Å². The molecule has 0 amide bonds. The molecule has 0 spiro atoms. The molecular formula is C25H30F3NO4. The van der Waals surface area contributed by atoms with Crippen molar-refractivity contribution in [1.82, 2.24) is 0 Å². The summed E-state index contributed by atoms with van der Waals surface area (Å²) in [5.74, 6) is 0.0339. The van der Waals surface area contributed by atoms with Crippen molar-refractivity contribution in [3.8, 4) is 5.75 Å². The number of carbonyl (C=O) groups excluding carboxylic acids is 1. The summed E-state index contributed by atoms with van der Waals surface area (Å²) in [5, 5.41) is 0. The van der Waals surface area contributed by atoms with E-state index in [1.54, 1.807) is 19.1 Å². The minimum absolute atomic E-state index is 0.0507. The second-order valence-corrected chi connectivity index (χ2v) is 8.00. The topological polar surface area (TPSA) is 48.0 Å². The molecule has 0 aliphatic carbocycles. The molecule has 180 valence electrons. The van der Waals surface area contributed by atoms with Crippen LogP contribution in [-0.2, 0) is 15.7 Å². The summed E-state index contributed by atoms with van der Waals surface area (Å²) in [4.78, 5) is 14.1. The second kappa shape index (κ2) is 11.4. The van der Waals surface area contributed by atoms with Crippen LogP contribution in [-0.4, -0.2) is 44.5 Å². The standard InChI is InChI=1S/C25H30F3NO4/c1-3-5-14-31-17-21-15-23(33-22-12-8-19(9-13-22)25(26,27)28)16-29(21)20-10-6-18(7-11-20)24(30)32-4-2/h6-13,21,23H,3-5,14-17H2,1-2H3/t21-,23+/m0/s1. The Bertz CT molecular complexity index is 884. The lowest BCUT2D eigenvalue weighted by molar-refractivity contribution is -0.137. The fourth-order valence-electron chi connectivity index (χ4n) is 3.82. The molecule has 2 aromatic rings. The predicted molar refractivity (Wildman–Crippen MR) is 120 cm³/mol. The van der Waals surface area contributed by atoms with Crippen molar-refractivity contribution >= 4 is 11.7 Å². The van der Waals surface area contributed by atoms with Gasteiger partial charge in [0.25, 0.3) is 0 Å². The van der Waals surface area contributed by atoms with Crippen LogP contribution in [0.4, 0.5) is 18.9 Å². The number of carbonyl (C=O) groups is 1. The van der Waals surface area contributed by atoms with Crippen molar-refractivity contribution in [2.24, 2.45) is 0 Å². The molecule has 1 heterocycles. The molecule has 1 fully saturated rings. The van der Waals surface area contributed by atoms with E-state index in [1.807, 2.05) is 12.1 Å². The largest absolute Gasteiger partial charge is 0.489 e. The summed E-state index contributed by atoms with van der Waals surface area (Å²) in [7, 11) is 0. The van der Waals surface area contributed by atoms with Gasteiger partial charge in [-0.1, -0.05) is 13.3 Å². The van der Waals surface area contributed by atoms with Gasteiger partial charge in [-0.05, 0) is 61.9 Å². The molecule has 33 heavy (non-hydrogen) atoms. The van der Waals surface area contributed by atoms with Gasteiger partial charge in [0, 0.05) is 18.7 Å². The summed E-state index contributed by atoms with van der Waals surface area (Å²) in [6.45, 7) is 5.93. The molecule has 5 nitrogen and oxygen atoms in total.